The molecular formula is C29H27NO7. The second-order valence-electron chi connectivity index (χ2n) is 8.45. The van der Waals surface area contributed by atoms with Crippen molar-refractivity contribution in [3.8, 4) is 17.2 Å². The largest absolute Gasteiger partial charge is 0.507 e. The number of aryl methyl sites for hydroxylation is 1. The number of anilines is 1. The third kappa shape index (κ3) is 5.04. The summed E-state index contributed by atoms with van der Waals surface area (Å²) in [5.41, 5.74) is 1.98. The number of aliphatic hydroxyl groups excluding tert-OH is 1. The van der Waals surface area contributed by atoms with Crippen molar-refractivity contribution >= 4 is 29.1 Å². The van der Waals surface area contributed by atoms with E-state index >= 15 is 0 Å². The number of rotatable bonds is 7. The minimum Gasteiger partial charge on any atom is -0.507 e. The molecule has 0 saturated carbocycles. The maximum absolute atomic E-state index is 13.4. The lowest BCUT2D eigenvalue weighted by Crippen LogP contribution is -2.29. The van der Waals surface area contributed by atoms with Crippen molar-refractivity contribution in [3.05, 3.63) is 89.0 Å². The Hall–Kier alpha value is -4.59. The van der Waals surface area contributed by atoms with Gasteiger partial charge in [0.2, 0.25) is 0 Å². The molecule has 8 heteroatoms. The first-order chi connectivity index (χ1) is 17.7. The third-order valence-corrected chi connectivity index (χ3v) is 5.98. The van der Waals surface area contributed by atoms with Crippen molar-refractivity contribution in [2.75, 3.05) is 18.6 Å². The first-order valence-corrected chi connectivity index (χ1v) is 11.7. The molecule has 1 aliphatic rings. The maximum Gasteiger partial charge on any atom is 0.308 e. The van der Waals surface area contributed by atoms with Crippen LogP contribution >= 0.6 is 0 Å². The molecule has 0 radical (unpaired) electrons. The van der Waals surface area contributed by atoms with E-state index in [0.717, 1.165) is 5.56 Å². The minimum atomic E-state index is -0.976. The predicted molar refractivity (Wildman–Crippen MR) is 138 cm³/mol. The van der Waals surface area contributed by atoms with Gasteiger partial charge in [0.25, 0.3) is 11.7 Å². The van der Waals surface area contributed by atoms with E-state index in [2.05, 4.69) is 0 Å². The standard InChI is InChI=1S/C29H27NO7/c1-5-36-24-14-9-20(15-17(24)2)27(32)25-26(19-7-6-8-23(16-19)37-18(3)31)30(29(34)28(25)33)21-10-12-22(35-4)13-11-21/h6-16,26,32H,5H2,1-4H3/b27-25+. The second-order valence-corrected chi connectivity index (χ2v) is 8.45. The SMILES string of the molecule is CCOc1ccc(/C(O)=C2\C(=O)C(=O)N(c3ccc(OC)cc3)C2c2cccc(OC(C)=O)c2)cc1C. The summed E-state index contributed by atoms with van der Waals surface area (Å²) in [7, 11) is 1.53. The molecule has 8 nitrogen and oxygen atoms in total. The Kier molecular flexibility index (Phi) is 7.29. The summed E-state index contributed by atoms with van der Waals surface area (Å²) >= 11 is 0. The Balaban J connectivity index is 1.91. The highest BCUT2D eigenvalue weighted by molar-refractivity contribution is 6.51. The van der Waals surface area contributed by atoms with Crippen LogP contribution in [0, 0.1) is 6.92 Å². The van der Waals surface area contributed by atoms with Crippen molar-refractivity contribution in [2.24, 2.45) is 0 Å². The molecule has 37 heavy (non-hydrogen) atoms. The van der Waals surface area contributed by atoms with Crippen LogP contribution in [0.15, 0.2) is 72.3 Å². The number of hydrogen-bond donors (Lipinski definition) is 1. The van der Waals surface area contributed by atoms with Crippen LogP contribution in [0.1, 0.15) is 36.6 Å². The number of Topliss-reactive ketones (excluding diaryl/α,β-unsaturated/α-hetero) is 1. The lowest BCUT2D eigenvalue weighted by atomic mass is 9.94. The number of carbonyl (C=O) groups is 3. The summed E-state index contributed by atoms with van der Waals surface area (Å²) in [6.45, 7) is 5.47. The molecule has 0 bridgehead atoms. The molecule has 1 fully saturated rings. The molecular weight excluding hydrogens is 474 g/mol. The summed E-state index contributed by atoms with van der Waals surface area (Å²) in [5, 5.41) is 11.4. The van der Waals surface area contributed by atoms with Crippen LogP contribution < -0.4 is 19.1 Å². The Morgan fingerprint density at radius 3 is 2.35 bits per heavy atom. The first-order valence-electron chi connectivity index (χ1n) is 11.7. The fraction of sp³-hybridized carbons (Fsp3) is 0.207. The number of aliphatic hydroxyl groups is 1. The van der Waals surface area contributed by atoms with Crippen molar-refractivity contribution in [3.63, 3.8) is 0 Å². The normalized spacial score (nSPS) is 16.5. The fourth-order valence-corrected chi connectivity index (χ4v) is 4.34. The number of nitrogens with zero attached hydrogens (tertiary/aromatic N) is 1. The lowest BCUT2D eigenvalue weighted by molar-refractivity contribution is -0.132. The van der Waals surface area contributed by atoms with Gasteiger partial charge < -0.3 is 19.3 Å². The van der Waals surface area contributed by atoms with Crippen molar-refractivity contribution < 1.29 is 33.7 Å². The molecule has 0 aromatic heterocycles. The van der Waals surface area contributed by atoms with E-state index < -0.39 is 23.7 Å². The molecule has 1 heterocycles. The van der Waals surface area contributed by atoms with E-state index in [1.54, 1.807) is 66.7 Å². The van der Waals surface area contributed by atoms with E-state index in [0.29, 0.717) is 34.9 Å². The van der Waals surface area contributed by atoms with Crippen LogP contribution in [0.4, 0.5) is 5.69 Å². The van der Waals surface area contributed by atoms with Gasteiger partial charge in [-0.15, -0.1) is 0 Å². The van der Waals surface area contributed by atoms with Crippen molar-refractivity contribution in [1.29, 1.82) is 0 Å². The zero-order valence-corrected chi connectivity index (χ0v) is 21.0. The van der Waals surface area contributed by atoms with Crippen LogP contribution in [0.3, 0.4) is 0 Å². The highest BCUT2D eigenvalue weighted by atomic mass is 16.5. The van der Waals surface area contributed by atoms with Crippen LogP contribution in [0.2, 0.25) is 0 Å². The molecule has 3 aromatic rings. The number of ether oxygens (including phenoxy) is 3. The van der Waals surface area contributed by atoms with Crippen LogP contribution in [-0.4, -0.2) is 36.5 Å². The van der Waals surface area contributed by atoms with E-state index in [9.17, 15) is 19.5 Å². The summed E-state index contributed by atoms with van der Waals surface area (Å²) in [6, 6.07) is 17.3. The summed E-state index contributed by atoms with van der Waals surface area (Å²) in [5.74, 6) is -0.959. The van der Waals surface area contributed by atoms with Gasteiger partial charge in [-0.3, -0.25) is 19.3 Å². The Morgan fingerprint density at radius 2 is 1.73 bits per heavy atom. The number of ketones is 1. The van der Waals surface area contributed by atoms with Crippen molar-refractivity contribution in [2.45, 2.75) is 26.8 Å². The lowest BCUT2D eigenvalue weighted by Gasteiger charge is -2.26. The molecule has 0 aliphatic carbocycles. The van der Waals surface area contributed by atoms with Crippen LogP contribution in [0.5, 0.6) is 17.2 Å². The number of carbonyl (C=O) groups excluding carboxylic acids is 3. The van der Waals surface area contributed by atoms with Crippen LogP contribution in [0.25, 0.3) is 5.76 Å². The third-order valence-electron chi connectivity index (χ3n) is 5.98. The highest BCUT2D eigenvalue weighted by Crippen LogP contribution is 2.43. The maximum atomic E-state index is 13.4. The molecule has 1 aliphatic heterocycles. The number of methoxy groups -OCH3 is 1. The van der Waals surface area contributed by atoms with E-state index in [1.165, 1.54) is 18.9 Å². The summed E-state index contributed by atoms with van der Waals surface area (Å²) in [6.07, 6.45) is 0. The number of esters is 1. The Bertz CT molecular complexity index is 1390. The van der Waals surface area contributed by atoms with Gasteiger partial charge in [0, 0.05) is 18.2 Å². The Morgan fingerprint density at radius 1 is 1.00 bits per heavy atom. The summed E-state index contributed by atoms with van der Waals surface area (Å²) in [4.78, 5) is 39.6. The summed E-state index contributed by atoms with van der Waals surface area (Å²) < 4.78 is 16.0. The average molecular weight is 502 g/mol. The monoisotopic (exact) mass is 501 g/mol. The molecule has 3 aromatic carbocycles. The molecule has 1 unspecified atom stereocenters. The smallest absolute Gasteiger partial charge is 0.308 e. The molecule has 1 amide bonds. The number of amides is 1. The van der Waals surface area contributed by atoms with Gasteiger partial charge in [-0.1, -0.05) is 12.1 Å². The fourth-order valence-electron chi connectivity index (χ4n) is 4.34. The first kappa shape index (κ1) is 25.5. The van der Waals surface area contributed by atoms with Gasteiger partial charge in [-0.05, 0) is 79.6 Å². The zero-order valence-electron chi connectivity index (χ0n) is 21.0. The average Bonchev–Trinajstić information content (AvgIpc) is 3.15. The highest BCUT2D eigenvalue weighted by Gasteiger charge is 2.47. The Labute approximate surface area is 214 Å². The molecule has 1 atom stereocenters. The molecule has 190 valence electrons. The van der Waals surface area contributed by atoms with Gasteiger partial charge in [0.05, 0.1) is 25.3 Å². The second kappa shape index (κ2) is 10.6. The van der Waals surface area contributed by atoms with Crippen molar-refractivity contribution in [1.82, 2.24) is 0 Å². The zero-order chi connectivity index (χ0) is 26.7. The van der Waals surface area contributed by atoms with E-state index in [1.807, 2.05) is 13.8 Å². The van der Waals surface area contributed by atoms with Gasteiger partial charge in [0.15, 0.2) is 0 Å². The van der Waals surface area contributed by atoms with E-state index in [-0.39, 0.29) is 17.1 Å². The minimum absolute atomic E-state index is 0.0793. The molecule has 0 spiro atoms. The number of benzene rings is 3. The molecule has 1 N–H and O–H groups in total. The van der Waals surface area contributed by atoms with Gasteiger partial charge in [-0.2, -0.15) is 0 Å². The topological polar surface area (TPSA) is 102 Å². The molecule has 4 rings (SSSR count). The molecule has 1 saturated heterocycles. The number of hydrogen-bond acceptors (Lipinski definition) is 7. The van der Waals surface area contributed by atoms with Crippen LogP contribution in [-0.2, 0) is 14.4 Å². The quantitative estimate of drug-likeness (QED) is 0.161. The van der Waals surface area contributed by atoms with Gasteiger partial charge in [0.1, 0.15) is 23.0 Å². The van der Waals surface area contributed by atoms with Gasteiger partial charge in [-0.25, -0.2) is 0 Å². The van der Waals surface area contributed by atoms with Gasteiger partial charge >= 0.3 is 5.97 Å². The van der Waals surface area contributed by atoms with E-state index in [4.69, 9.17) is 14.2 Å². The predicted octanol–water partition coefficient (Wildman–Crippen LogP) is 4.95.